The zero-order chi connectivity index (χ0) is 15.1. The number of phenolic OH excluding ortho intramolecular Hbond substituents is 2. The van der Waals surface area contributed by atoms with Crippen molar-refractivity contribution in [3.8, 4) is 23.0 Å². The summed E-state index contributed by atoms with van der Waals surface area (Å²) in [6.07, 6.45) is 0. The van der Waals surface area contributed by atoms with Gasteiger partial charge in [0, 0.05) is 0 Å². The first-order valence-electron chi connectivity index (χ1n) is 6.11. The summed E-state index contributed by atoms with van der Waals surface area (Å²) in [4.78, 5) is 12.5. The van der Waals surface area contributed by atoms with E-state index in [2.05, 4.69) is 0 Å². The average molecular weight is 288 g/mol. The summed E-state index contributed by atoms with van der Waals surface area (Å²) in [7, 11) is 2.75. The van der Waals surface area contributed by atoms with E-state index in [4.69, 9.17) is 13.9 Å². The summed E-state index contributed by atoms with van der Waals surface area (Å²) in [6.45, 7) is 0. The van der Waals surface area contributed by atoms with E-state index in [1.807, 2.05) is 0 Å². The maximum Gasteiger partial charge on any atom is 0.208 e. The molecule has 6 nitrogen and oxygen atoms in total. The molecule has 0 unspecified atom stereocenters. The molecule has 3 aromatic rings. The molecule has 108 valence electrons. The molecule has 1 heterocycles. The van der Waals surface area contributed by atoms with Crippen molar-refractivity contribution >= 4 is 21.9 Å². The van der Waals surface area contributed by atoms with Gasteiger partial charge in [-0.1, -0.05) is 6.07 Å². The van der Waals surface area contributed by atoms with Crippen molar-refractivity contribution < 1.29 is 24.1 Å². The smallest absolute Gasteiger partial charge is 0.208 e. The molecule has 0 saturated heterocycles. The van der Waals surface area contributed by atoms with E-state index in [9.17, 15) is 15.0 Å². The molecule has 3 rings (SSSR count). The fraction of sp³-hybridized carbons (Fsp3) is 0.133. The number of phenols is 2. The molecule has 0 aliphatic carbocycles. The number of rotatable bonds is 2. The van der Waals surface area contributed by atoms with Gasteiger partial charge in [0.05, 0.1) is 19.6 Å². The highest BCUT2D eigenvalue weighted by atomic mass is 16.5. The fourth-order valence-corrected chi connectivity index (χ4v) is 2.34. The van der Waals surface area contributed by atoms with Crippen molar-refractivity contribution in [3.05, 3.63) is 34.5 Å². The van der Waals surface area contributed by atoms with Crippen LogP contribution < -0.4 is 14.9 Å². The van der Waals surface area contributed by atoms with Crippen LogP contribution in [-0.4, -0.2) is 24.4 Å². The van der Waals surface area contributed by atoms with Crippen LogP contribution in [0.25, 0.3) is 21.9 Å². The van der Waals surface area contributed by atoms with Crippen molar-refractivity contribution in [1.29, 1.82) is 0 Å². The van der Waals surface area contributed by atoms with Crippen LogP contribution in [0.2, 0.25) is 0 Å². The predicted octanol–water partition coefficient (Wildman–Crippen LogP) is 2.37. The Morgan fingerprint density at radius 1 is 1.05 bits per heavy atom. The van der Waals surface area contributed by atoms with E-state index >= 15 is 0 Å². The summed E-state index contributed by atoms with van der Waals surface area (Å²) in [6, 6.07) is 5.76. The number of fused-ring (bicyclic) bond motifs is 2. The van der Waals surface area contributed by atoms with Crippen molar-refractivity contribution in [3.63, 3.8) is 0 Å². The minimum atomic E-state index is -0.458. The summed E-state index contributed by atoms with van der Waals surface area (Å²) < 4.78 is 15.9. The van der Waals surface area contributed by atoms with Crippen LogP contribution in [0.15, 0.2) is 33.5 Å². The van der Waals surface area contributed by atoms with Crippen LogP contribution in [0.4, 0.5) is 0 Å². The zero-order valence-electron chi connectivity index (χ0n) is 11.3. The lowest BCUT2D eigenvalue weighted by Gasteiger charge is -2.12. The molecular formula is C15H12O6. The van der Waals surface area contributed by atoms with Crippen molar-refractivity contribution in [2.45, 2.75) is 0 Å². The van der Waals surface area contributed by atoms with Gasteiger partial charge in [0.15, 0.2) is 11.3 Å². The van der Waals surface area contributed by atoms with E-state index in [0.717, 1.165) is 0 Å². The van der Waals surface area contributed by atoms with Crippen LogP contribution in [0.1, 0.15) is 0 Å². The Bertz CT molecular complexity index is 910. The third kappa shape index (κ3) is 1.76. The molecule has 0 saturated carbocycles. The van der Waals surface area contributed by atoms with Crippen molar-refractivity contribution in [1.82, 2.24) is 0 Å². The third-order valence-corrected chi connectivity index (χ3v) is 3.27. The zero-order valence-corrected chi connectivity index (χ0v) is 11.3. The van der Waals surface area contributed by atoms with Gasteiger partial charge >= 0.3 is 0 Å². The van der Waals surface area contributed by atoms with Gasteiger partial charge in [0.25, 0.3) is 0 Å². The summed E-state index contributed by atoms with van der Waals surface area (Å²) >= 11 is 0. The van der Waals surface area contributed by atoms with Crippen LogP contribution in [0.5, 0.6) is 23.0 Å². The van der Waals surface area contributed by atoms with Crippen LogP contribution in [-0.2, 0) is 0 Å². The second kappa shape index (κ2) is 4.59. The molecule has 0 atom stereocenters. The lowest BCUT2D eigenvalue weighted by Crippen LogP contribution is -2.04. The van der Waals surface area contributed by atoms with Gasteiger partial charge in [0.2, 0.25) is 16.9 Å². The Morgan fingerprint density at radius 3 is 2.43 bits per heavy atom. The Hall–Kier alpha value is -2.89. The van der Waals surface area contributed by atoms with E-state index in [-0.39, 0.29) is 44.9 Å². The third-order valence-electron chi connectivity index (χ3n) is 3.27. The highest BCUT2D eigenvalue weighted by Gasteiger charge is 2.21. The minimum absolute atomic E-state index is 0.0524. The molecule has 0 spiro atoms. The van der Waals surface area contributed by atoms with Crippen molar-refractivity contribution in [2.24, 2.45) is 0 Å². The molecule has 2 aromatic carbocycles. The monoisotopic (exact) mass is 288 g/mol. The van der Waals surface area contributed by atoms with Gasteiger partial charge in [-0.3, -0.25) is 4.79 Å². The molecule has 0 aliphatic rings. The quantitative estimate of drug-likeness (QED) is 0.704. The molecule has 6 heteroatoms. The fourth-order valence-electron chi connectivity index (χ4n) is 2.34. The molecule has 0 amide bonds. The first kappa shape index (κ1) is 13.1. The van der Waals surface area contributed by atoms with E-state index in [1.165, 1.54) is 26.4 Å². The van der Waals surface area contributed by atoms with Gasteiger partial charge in [0.1, 0.15) is 16.7 Å². The first-order chi connectivity index (χ1) is 10.1. The number of ether oxygens (including phenoxy) is 2. The Labute approximate surface area is 118 Å². The number of hydrogen-bond donors (Lipinski definition) is 2. The van der Waals surface area contributed by atoms with E-state index in [0.29, 0.717) is 0 Å². The highest BCUT2D eigenvalue weighted by molar-refractivity contribution is 5.97. The summed E-state index contributed by atoms with van der Waals surface area (Å²) in [5.74, 6) is -0.233. The Morgan fingerprint density at radius 2 is 1.76 bits per heavy atom. The standard InChI is InChI=1S/C15H12O6/c1-19-14-9(17)6-7-12(18)11-8(16)4-3-5-10(11)21-13(7)15(14)20-2/h3-6,16-17H,1-2H3. The van der Waals surface area contributed by atoms with Gasteiger partial charge < -0.3 is 24.1 Å². The van der Waals surface area contributed by atoms with Gasteiger partial charge in [-0.2, -0.15) is 0 Å². The molecule has 0 fully saturated rings. The number of hydrogen-bond acceptors (Lipinski definition) is 6. The first-order valence-corrected chi connectivity index (χ1v) is 6.11. The topological polar surface area (TPSA) is 89.1 Å². The molecule has 0 radical (unpaired) electrons. The Balaban J connectivity index is 2.60. The lowest BCUT2D eigenvalue weighted by atomic mass is 10.1. The van der Waals surface area contributed by atoms with Gasteiger partial charge in [-0.15, -0.1) is 0 Å². The predicted molar refractivity (Wildman–Crippen MR) is 76.4 cm³/mol. The molecule has 0 bridgehead atoms. The normalized spacial score (nSPS) is 11.0. The number of methoxy groups -OCH3 is 2. The van der Waals surface area contributed by atoms with Gasteiger partial charge in [-0.25, -0.2) is 0 Å². The van der Waals surface area contributed by atoms with E-state index < -0.39 is 5.43 Å². The second-order valence-corrected chi connectivity index (χ2v) is 4.42. The molecule has 1 aromatic heterocycles. The van der Waals surface area contributed by atoms with Crippen LogP contribution >= 0.6 is 0 Å². The van der Waals surface area contributed by atoms with E-state index in [1.54, 1.807) is 12.1 Å². The average Bonchev–Trinajstić information content (AvgIpc) is 2.47. The maximum absolute atomic E-state index is 12.5. The Kier molecular flexibility index (Phi) is 2.86. The summed E-state index contributed by atoms with van der Waals surface area (Å²) in [5.41, 5.74) is -0.0885. The molecule has 21 heavy (non-hydrogen) atoms. The maximum atomic E-state index is 12.5. The SMILES string of the molecule is COc1c(O)cc2c(=O)c3c(O)cccc3oc2c1OC. The van der Waals surface area contributed by atoms with Gasteiger partial charge in [-0.05, 0) is 18.2 Å². The molecule has 2 N–H and O–H groups in total. The largest absolute Gasteiger partial charge is 0.507 e. The number of benzene rings is 2. The van der Waals surface area contributed by atoms with Crippen LogP contribution in [0, 0.1) is 0 Å². The minimum Gasteiger partial charge on any atom is -0.507 e. The molecular weight excluding hydrogens is 276 g/mol. The molecule has 0 aliphatic heterocycles. The van der Waals surface area contributed by atoms with Crippen LogP contribution in [0.3, 0.4) is 0 Å². The lowest BCUT2D eigenvalue weighted by molar-refractivity contribution is 0.332. The van der Waals surface area contributed by atoms with Crippen molar-refractivity contribution in [2.75, 3.05) is 14.2 Å². The second-order valence-electron chi connectivity index (χ2n) is 4.42. The summed E-state index contributed by atoms with van der Waals surface area (Å²) in [5, 5.41) is 19.9. The highest BCUT2D eigenvalue weighted by Crippen LogP contribution is 2.43. The number of aromatic hydroxyl groups is 2.